The number of fused-ring (bicyclic) bond motifs is 1. The van der Waals surface area contributed by atoms with E-state index in [0.717, 1.165) is 12.1 Å². The first-order valence-electron chi connectivity index (χ1n) is 9.92. The molecule has 3 fully saturated rings. The highest BCUT2D eigenvalue weighted by molar-refractivity contribution is 7.91. The van der Waals surface area contributed by atoms with Crippen LogP contribution in [0.25, 0.3) is 0 Å². The predicted molar refractivity (Wildman–Crippen MR) is 104 cm³/mol. The van der Waals surface area contributed by atoms with Gasteiger partial charge in [-0.15, -0.1) is 13.2 Å². The van der Waals surface area contributed by atoms with Crippen LogP contribution < -0.4 is 15.0 Å². The fourth-order valence-electron chi connectivity index (χ4n) is 4.51. The van der Waals surface area contributed by atoms with Crippen molar-refractivity contribution in [3.05, 3.63) is 24.3 Å². The average molecular weight is 475 g/mol. The van der Waals surface area contributed by atoms with Crippen LogP contribution in [-0.2, 0) is 24.2 Å². The second-order valence-corrected chi connectivity index (χ2v) is 10.2. The third-order valence-electron chi connectivity index (χ3n) is 5.91. The van der Waals surface area contributed by atoms with E-state index in [0.29, 0.717) is 6.42 Å². The molecule has 0 bridgehead atoms. The fourth-order valence-corrected chi connectivity index (χ4v) is 6.66. The summed E-state index contributed by atoms with van der Waals surface area (Å²) in [6.45, 7) is 0.397. The number of ether oxygens (including phenoxy) is 1. The van der Waals surface area contributed by atoms with E-state index in [2.05, 4.69) is 10.1 Å². The number of benzene rings is 1. The standard InChI is InChI=1S/C19H20F3N3O6S/c20-19(21,22)31-13-3-1-2-12(8-13)24-7-5-14(17(24)27)23-16(26)18(28)25-6-4-11-9-32(29,30)10-15(11)25/h1-3,8,11,14-15H,4-7,9-10H2,(H,23,26)/t11-,14?,15+/m1/s1. The smallest absolute Gasteiger partial charge is 0.406 e. The molecule has 1 N–H and O–H groups in total. The number of alkyl halides is 3. The molecule has 3 amide bonds. The van der Waals surface area contributed by atoms with E-state index in [-0.39, 0.29) is 42.6 Å². The Morgan fingerprint density at radius 2 is 1.88 bits per heavy atom. The fraction of sp³-hybridized carbons (Fsp3) is 0.526. The summed E-state index contributed by atoms with van der Waals surface area (Å²) in [6.07, 6.45) is -4.23. The van der Waals surface area contributed by atoms with Crippen molar-refractivity contribution < 1.29 is 40.7 Å². The molecular formula is C19H20F3N3O6S. The van der Waals surface area contributed by atoms with Crippen LogP contribution in [0.3, 0.4) is 0 Å². The highest BCUT2D eigenvalue weighted by Gasteiger charge is 2.48. The summed E-state index contributed by atoms with van der Waals surface area (Å²) in [7, 11) is -3.25. The number of carbonyl (C=O) groups excluding carboxylic acids is 3. The maximum atomic E-state index is 12.7. The zero-order valence-corrected chi connectivity index (χ0v) is 17.5. The van der Waals surface area contributed by atoms with Crippen molar-refractivity contribution in [1.82, 2.24) is 10.2 Å². The van der Waals surface area contributed by atoms with Gasteiger partial charge in [-0.2, -0.15) is 0 Å². The monoisotopic (exact) mass is 475 g/mol. The molecule has 9 nitrogen and oxygen atoms in total. The Morgan fingerprint density at radius 1 is 1.12 bits per heavy atom. The first-order chi connectivity index (χ1) is 14.9. The number of sulfone groups is 1. The summed E-state index contributed by atoms with van der Waals surface area (Å²) >= 11 is 0. The molecule has 3 aliphatic rings. The van der Waals surface area contributed by atoms with Crippen molar-refractivity contribution in [2.75, 3.05) is 29.5 Å². The Labute approximate surface area is 181 Å². The van der Waals surface area contributed by atoms with Crippen LogP contribution in [0, 0.1) is 5.92 Å². The van der Waals surface area contributed by atoms with Gasteiger partial charge in [0.15, 0.2) is 9.84 Å². The van der Waals surface area contributed by atoms with E-state index < -0.39 is 51.8 Å². The first kappa shape index (κ1) is 22.4. The van der Waals surface area contributed by atoms with E-state index in [4.69, 9.17) is 0 Å². The topological polar surface area (TPSA) is 113 Å². The predicted octanol–water partition coefficient (Wildman–Crippen LogP) is 0.452. The highest BCUT2D eigenvalue weighted by Crippen LogP contribution is 2.33. The van der Waals surface area contributed by atoms with Gasteiger partial charge in [-0.05, 0) is 30.9 Å². The van der Waals surface area contributed by atoms with Gasteiger partial charge in [-0.25, -0.2) is 8.42 Å². The van der Waals surface area contributed by atoms with Crippen LogP contribution in [-0.4, -0.2) is 74.1 Å². The van der Waals surface area contributed by atoms with E-state index >= 15 is 0 Å². The van der Waals surface area contributed by atoms with Crippen LogP contribution in [0.5, 0.6) is 5.75 Å². The number of carbonyl (C=O) groups is 3. The lowest BCUT2D eigenvalue weighted by Gasteiger charge is -2.23. The summed E-state index contributed by atoms with van der Waals surface area (Å²) in [5.74, 6) is -3.32. The van der Waals surface area contributed by atoms with Crippen LogP contribution in [0.1, 0.15) is 12.8 Å². The summed E-state index contributed by atoms with van der Waals surface area (Å²) in [6, 6.07) is 3.34. The summed E-state index contributed by atoms with van der Waals surface area (Å²) in [5, 5.41) is 2.38. The molecule has 1 unspecified atom stereocenters. The van der Waals surface area contributed by atoms with E-state index in [1.807, 2.05) is 0 Å². The van der Waals surface area contributed by atoms with Crippen LogP contribution >= 0.6 is 0 Å². The lowest BCUT2D eigenvalue weighted by molar-refractivity contribution is -0.274. The molecule has 13 heteroatoms. The number of hydrogen-bond acceptors (Lipinski definition) is 6. The largest absolute Gasteiger partial charge is 0.573 e. The molecule has 1 aromatic carbocycles. The lowest BCUT2D eigenvalue weighted by Crippen LogP contribution is -2.51. The van der Waals surface area contributed by atoms with Gasteiger partial charge < -0.3 is 19.9 Å². The molecule has 1 aromatic rings. The van der Waals surface area contributed by atoms with Gasteiger partial charge in [0.05, 0.1) is 11.5 Å². The second-order valence-electron chi connectivity index (χ2n) is 8.04. The summed E-state index contributed by atoms with van der Waals surface area (Å²) in [4.78, 5) is 40.2. The van der Waals surface area contributed by atoms with Gasteiger partial charge in [-0.1, -0.05) is 6.07 Å². The normalized spacial score (nSPS) is 26.8. The number of rotatable bonds is 3. The van der Waals surface area contributed by atoms with E-state index in [1.165, 1.54) is 21.9 Å². The van der Waals surface area contributed by atoms with Crippen molar-refractivity contribution in [1.29, 1.82) is 0 Å². The van der Waals surface area contributed by atoms with Gasteiger partial charge >= 0.3 is 18.2 Å². The van der Waals surface area contributed by atoms with Crippen LogP contribution in [0.4, 0.5) is 18.9 Å². The molecule has 4 rings (SSSR count). The van der Waals surface area contributed by atoms with E-state index in [9.17, 15) is 36.0 Å². The molecule has 3 atom stereocenters. The van der Waals surface area contributed by atoms with Crippen LogP contribution in [0.15, 0.2) is 24.3 Å². The number of nitrogens with zero attached hydrogens (tertiary/aromatic N) is 2. The van der Waals surface area contributed by atoms with Crippen molar-refractivity contribution in [3.8, 4) is 5.75 Å². The number of anilines is 1. The first-order valence-corrected chi connectivity index (χ1v) is 11.7. The minimum atomic E-state index is -4.88. The lowest BCUT2D eigenvalue weighted by atomic mass is 10.1. The van der Waals surface area contributed by atoms with Crippen molar-refractivity contribution in [2.24, 2.45) is 5.92 Å². The summed E-state index contributed by atoms with van der Waals surface area (Å²) in [5.41, 5.74) is 0.165. The van der Waals surface area contributed by atoms with Gasteiger partial charge in [0.1, 0.15) is 11.8 Å². The van der Waals surface area contributed by atoms with Gasteiger partial charge in [0.25, 0.3) is 0 Å². The molecule has 3 heterocycles. The Kier molecular flexibility index (Phi) is 5.55. The number of hydrogen-bond donors (Lipinski definition) is 1. The maximum absolute atomic E-state index is 12.7. The van der Waals surface area contributed by atoms with Gasteiger partial charge in [0, 0.05) is 30.9 Å². The Balaban J connectivity index is 1.39. The quantitative estimate of drug-likeness (QED) is 0.636. The average Bonchev–Trinajstić information content (AvgIpc) is 3.32. The molecule has 3 aliphatic heterocycles. The minimum absolute atomic E-state index is 0.00372. The third kappa shape index (κ3) is 4.52. The molecule has 0 spiro atoms. The molecule has 0 radical (unpaired) electrons. The zero-order chi connectivity index (χ0) is 23.3. The Hall–Kier alpha value is -2.83. The number of amides is 3. The number of halogens is 3. The van der Waals surface area contributed by atoms with Gasteiger partial charge in [-0.3, -0.25) is 14.4 Å². The number of nitrogens with one attached hydrogen (secondary N) is 1. The van der Waals surface area contributed by atoms with Crippen molar-refractivity contribution in [3.63, 3.8) is 0 Å². The highest BCUT2D eigenvalue weighted by atomic mass is 32.2. The van der Waals surface area contributed by atoms with E-state index in [1.54, 1.807) is 0 Å². The van der Waals surface area contributed by atoms with Crippen LogP contribution in [0.2, 0.25) is 0 Å². The zero-order valence-electron chi connectivity index (χ0n) is 16.7. The molecule has 174 valence electrons. The molecule has 0 aliphatic carbocycles. The molecule has 32 heavy (non-hydrogen) atoms. The molecule has 0 saturated carbocycles. The van der Waals surface area contributed by atoms with Gasteiger partial charge in [0.2, 0.25) is 5.91 Å². The SMILES string of the molecule is O=C(NC1CCN(c2cccc(OC(F)(F)F)c2)C1=O)C(=O)N1CC[C@@H]2CS(=O)(=O)C[C@@H]21. The second kappa shape index (κ2) is 7.94. The summed E-state index contributed by atoms with van der Waals surface area (Å²) < 4.78 is 64.8. The van der Waals surface area contributed by atoms with Crippen molar-refractivity contribution >= 4 is 33.2 Å². The molecular weight excluding hydrogens is 455 g/mol. The Bertz CT molecular complexity index is 1060. The minimum Gasteiger partial charge on any atom is -0.406 e. The van der Waals surface area contributed by atoms with Crippen molar-refractivity contribution in [2.45, 2.75) is 31.3 Å². The Morgan fingerprint density at radius 3 is 2.59 bits per heavy atom. The molecule has 3 saturated heterocycles. The number of likely N-dealkylation sites (tertiary alicyclic amines) is 1. The molecule has 0 aromatic heterocycles. The third-order valence-corrected chi connectivity index (χ3v) is 7.69. The maximum Gasteiger partial charge on any atom is 0.573 e.